The van der Waals surface area contributed by atoms with Gasteiger partial charge in [-0.3, -0.25) is 4.79 Å². The van der Waals surface area contributed by atoms with Gasteiger partial charge in [-0.15, -0.1) is 11.6 Å². The molecule has 5 heteroatoms. The minimum atomic E-state index is -0.123. The van der Waals surface area contributed by atoms with E-state index in [9.17, 15) is 4.79 Å². The van der Waals surface area contributed by atoms with Gasteiger partial charge in [-0.05, 0) is 24.5 Å². The summed E-state index contributed by atoms with van der Waals surface area (Å²) in [4.78, 5) is 13.8. The molecule has 1 aromatic carbocycles. The Balaban J connectivity index is 3.14. The van der Waals surface area contributed by atoms with E-state index in [1.165, 1.54) is 0 Å². The Kier molecular flexibility index (Phi) is 7.59. The second-order valence-electron chi connectivity index (χ2n) is 4.36. The van der Waals surface area contributed by atoms with E-state index in [0.29, 0.717) is 26.3 Å². The van der Waals surface area contributed by atoms with Crippen LogP contribution in [0.5, 0.6) is 0 Å². The van der Waals surface area contributed by atoms with Crippen molar-refractivity contribution >= 4 is 23.2 Å². The number of carbonyl (C=O) groups excluding carboxylic acids is 1. The van der Waals surface area contributed by atoms with Crippen LogP contribution in [0.2, 0.25) is 0 Å². The molecule has 0 saturated carbocycles. The number of halogens is 1. The molecular weight excluding hydrogens is 276 g/mol. The van der Waals surface area contributed by atoms with E-state index < -0.39 is 0 Å². The van der Waals surface area contributed by atoms with E-state index in [1.807, 2.05) is 25.1 Å². The van der Waals surface area contributed by atoms with E-state index in [2.05, 4.69) is 6.92 Å². The molecule has 20 heavy (non-hydrogen) atoms. The molecule has 1 amide bonds. The normalized spacial score (nSPS) is 10.6. The second-order valence-corrected chi connectivity index (χ2v) is 4.63. The molecule has 0 unspecified atom stereocenters. The average molecular weight is 299 g/mol. The summed E-state index contributed by atoms with van der Waals surface area (Å²) in [6.07, 6.45) is 0.837. The van der Waals surface area contributed by atoms with E-state index >= 15 is 0 Å². The minimum absolute atomic E-state index is 0.0474. The lowest BCUT2D eigenvalue weighted by Gasteiger charge is -2.27. The van der Waals surface area contributed by atoms with Crippen LogP contribution < -0.4 is 10.6 Å². The Bertz CT molecular complexity index is 416. The third kappa shape index (κ3) is 4.20. The number of ether oxygens (including phenoxy) is 1. The number of anilines is 1. The standard InChI is InChI=1S/C15H23ClN2O2/c1-3-12-6-5-7-13(11-17)15(12)18(14(19)10-16)8-9-20-4-2/h5-7H,3-4,8-11,17H2,1-2H3. The maximum atomic E-state index is 12.1. The van der Waals surface area contributed by atoms with Crippen LogP contribution in [-0.2, 0) is 22.5 Å². The topological polar surface area (TPSA) is 55.6 Å². The SMILES string of the molecule is CCOCCN(C(=O)CCl)c1c(CC)cccc1CN. The summed E-state index contributed by atoms with van der Waals surface area (Å²) in [5, 5.41) is 0. The van der Waals surface area contributed by atoms with Gasteiger partial charge in [0.05, 0.1) is 12.3 Å². The van der Waals surface area contributed by atoms with Crippen molar-refractivity contribution in [3.05, 3.63) is 29.3 Å². The molecule has 112 valence electrons. The lowest BCUT2D eigenvalue weighted by Crippen LogP contribution is -2.36. The number of nitrogens with zero attached hydrogens (tertiary/aromatic N) is 1. The molecule has 0 aliphatic rings. The molecule has 0 bridgehead atoms. The predicted molar refractivity (Wildman–Crippen MR) is 83.3 cm³/mol. The monoisotopic (exact) mass is 298 g/mol. The molecule has 0 aliphatic heterocycles. The highest BCUT2D eigenvalue weighted by Crippen LogP contribution is 2.26. The zero-order chi connectivity index (χ0) is 15.0. The molecule has 4 nitrogen and oxygen atoms in total. The Hall–Kier alpha value is -1.10. The number of amides is 1. The Morgan fingerprint density at radius 3 is 2.60 bits per heavy atom. The van der Waals surface area contributed by atoms with E-state index in [4.69, 9.17) is 22.1 Å². The number of para-hydroxylation sites is 1. The van der Waals surface area contributed by atoms with Crippen LogP contribution in [0.15, 0.2) is 18.2 Å². The van der Waals surface area contributed by atoms with Crippen LogP contribution in [0, 0.1) is 0 Å². The van der Waals surface area contributed by atoms with Crippen molar-refractivity contribution in [3.8, 4) is 0 Å². The molecule has 0 saturated heterocycles. The fourth-order valence-electron chi connectivity index (χ4n) is 2.17. The molecule has 0 aliphatic carbocycles. The van der Waals surface area contributed by atoms with Crippen LogP contribution in [0.25, 0.3) is 0 Å². The van der Waals surface area contributed by atoms with Gasteiger partial charge in [0.2, 0.25) is 5.91 Å². The Morgan fingerprint density at radius 1 is 1.35 bits per heavy atom. The van der Waals surface area contributed by atoms with Gasteiger partial charge in [0.1, 0.15) is 5.88 Å². The van der Waals surface area contributed by atoms with Gasteiger partial charge in [-0.2, -0.15) is 0 Å². The molecule has 2 N–H and O–H groups in total. The van der Waals surface area contributed by atoms with Gasteiger partial charge in [-0.25, -0.2) is 0 Å². The van der Waals surface area contributed by atoms with Crippen LogP contribution in [0.3, 0.4) is 0 Å². The lowest BCUT2D eigenvalue weighted by atomic mass is 10.0. The first kappa shape index (κ1) is 17.0. The molecular formula is C15H23ClN2O2. The van der Waals surface area contributed by atoms with Crippen LogP contribution in [0.1, 0.15) is 25.0 Å². The number of hydrogen-bond donors (Lipinski definition) is 1. The van der Waals surface area contributed by atoms with Gasteiger partial charge >= 0.3 is 0 Å². The van der Waals surface area contributed by atoms with E-state index in [-0.39, 0.29) is 11.8 Å². The van der Waals surface area contributed by atoms with E-state index in [1.54, 1.807) is 4.90 Å². The molecule has 0 heterocycles. The van der Waals surface area contributed by atoms with Gasteiger partial charge in [0, 0.05) is 19.7 Å². The van der Waals surface area contributed by atoms with Gasteiger partial charge < -0.3 is 15.4 Å². The number of hydrogen-bond acceptors (Lipinski definition) is 3. The summed E-state index contributed by atoms with van der Waals surface area (Å²) in [5.41, 5.74) is 8.76. The fourth-order valence-corrected chi connectivity index (χ4v) is 2.32. The van der Waals surface area contributed by atoms with Gasteiger partial charge in [-0.1, -0.05) is 25.1 Å². The Labute approximate surface area is 125 Å². The largest absolute Gasteiger partial charge is 0.380 e. The van der Waals surface area contributed by atoms with Crippen molar-refractivity contribution in [3.63, 3.8) is 0 Å². The highest BCUT2D eigenvalue weighted by Gasteiger charge is 2.20. The smallest absolute Gasteiger partial charge is 0.242 e. The number of nitrogens with two attached hydrogens (primary N) is 1. The first-order valence-electron chi connectivity index (χ1n) is 6.94. The molecule has 0 aromatic heterocycles. The maximum absolute atomic E-state index is 12.1. The van der Waals surface area contributed by atoms with Gasteiger partial charge in [0.25, 0.3) is 0 Å². The molecule has 1 rings (SSSR count). The van der Waals surface area contributed by atoms with Gasteiger partial charge in [0.15, 0.2) is 0 Å². The molecule has 0 radical (unpaired) electrons. The predicted octanol–water partition coefficient (Wildman–Crippen LogP) is 2.32. The second kappa shape index (κ2) is 8.95. The first-order chi connectivity index (χ1) is 9.69. The third-order valence-electron chi connectivity index (χ3n) is 3.15. The van der Waals surface area contributed by atoms with Crippen molar-refractivity contribution in [2.75, 3.05) is 30.5 Å². The number of aryl methyl sites for hydroxylation is 1. The van der Waals surface area contributed by atoms with E-state index in [0.717, 1.165) is 23.2 Å². The highest BCUT2D eigenvalue weighted by atomic mass is 35.5. The summed E-state index contributed by atoms with van der Waals surface area (Å²) < 4.78 is 5.36. The Morgan fingerprint density at radius 2 is 2.05 bits per heavy atom. The fraction of sp³-hybridized carbons (Fsp3) is 0.533. The van der Waals surface area contributed by atoms with Crippen molar-refractivity contribution in [1.29, 1.82) is 0 Å². The molecule has 1 aromatic rings. The number of carbonyl (C=O) groups is 1. The molecule has 0 fully saturated rings. The van der Waals surface area contributed by atoms with Crippen molar-refractivity contribution < 1.29 is 9.53 Å². The first-order valence-corrected chi connectivity index (χ1v) is 7.47. The molecule has 0 atom stereocenters. The zero-order valence-corrected chi connectivity index (χ0v) is 12.9. The van der Waals surface area contributed by atoms with Crippen LogP contribution >= 0.6 is 11.6 Å². The summed E-state index contributed by atoms with van der Waals surface area (Å²) in [6, 6.07) is 5.93. The van der Waals surface area contributed by atoms with Crippen LogP contribution in [-0.4, -0.2) is 31.5 Å². The highest BCUT2D eigenvalue weighted by molar-refractivity contribution is 6.29. The van der Waals surface area contributed by atoms with Crippen molar-refractivity contribution in [2.24, 2.45) is 5.73 Å². The lowest BCUT2D eigenvalue weighted by molar-refractivity contribution is -0.116. The summed E-state index contributed by atoms with van der Waals surface area (Å²) in [5.74, 6) is -0.171. The quantitative estimate of drug-likeness (QED) is 0.592. The van der Waals surface area contributed by atoms with Crippen molar-refractivity contribution in [2.45, 2.75) is 26.8 Å². The number of alkyl halides is 1. The average Bonchev–Trinajstić information content (AvgIpc) is 2.50. The number of rotatable bonds is 8. The third-order valence-corrected chi connectivity index (χ3v) is 3.38. The number of benzene rings is 1. The summed E-state index contributed by atoms with van der Waals surface area (Å²) in [7, 11) is 0. The summed E-state index contributed by atoms with van der Waals surface area (Å²) >= 11 is 5.74. The molecule has 0 spiro atoms. The summed E-state index contributed by atoms with van der Waals surface area (Å²) in [6.45, 7) is 5.99. The van der Waals surface area contributed by atoms with Crippen LogP contribution in [0.4, 0.5) is 5.69 Å². The maximum Gasteiger partial charge on any atom is 0.242 e. The van der Waals surface area contributed by atoms with Crippen molar-refractivity contribution in [1.82, 2.24) is 0 Å². The zero-order valence-electron chi connectivity index (χ0n) is 12.2. The minimum Gasteiger partial charge on any atom is -0.380 e.